The first-order valence-corrected chi connectivity index (χ1v) is 7.08. The van der Waals surface area contributed by atoms with Crippen molar-refractivity contribution in [1.82, 2.24) is 0 Å². The molecule has 0 aromatic heterocycles. The minimum absolute atomic E-state index is 0.642. The van der Waals surface area contributed by atoms with E-state index in [1.54, 1.807) is 28.4 Å². The maximum absolute atomic E-state index is 5.45. The Kier molecular flexibility index (Phi) is 4.96. The summed E-state index contributed by atoms with van der Waals surface area (Å²) in [6.45, 7) is 0. The smallest absolute Gasteiger partial charge is 0.161 e. The van der Waals surface area contributed by atoms with Gasteiger partial charge in [-0.25, -0.2) is 0 Å². The Morgan fingerprint density at radius 2 is 1.19 bits per heavy atom. The third-order valence-electron chi connectivity index (χ3n) is 3.17. The zero-order valence-corrected chi connectivity index (χ0v) is 14.0. The predicted molar refractivity (Wildman–Crippen MR) is 85.8 cm³/mol. The van der Waals surface area contributed by atoms with E-state index in [1.807, 2.05) is 30.3 Å². The summed E-state index contributed by atoms with van der Waals surface area (Å²) in [5.41, 5.74) is 1.76. The van der Waals surface area contributed by atoms with E-state index in [0.717, 1.165) is 27.1 Å². The predicted octanol–water partition coefficient (Wildman–Crippen LogP) is 4.15. The molecule has 0 radical (unpaired) electrons. The second-order valence-corrected chi connectivity index (χ2v) is 5.08. The van der Waals surface area contributed by atoms with Gasteiger partial charge in [-0.2, -0.15) is 0 Å². The normalized spacial score (nSPS) is 10.1. The summed E-state index contributed by atoms with van der Waals surface area (Å²) in [6, 6.07) is 9.42. The fourth-order valence-electron chi connectivity index (χ4n) is 2.16. The van der Waals surface area contributed by atoms with E-state index in [-0.39, 0.29) is 0 Å². The van der Waals surface area contributed by atoms with Gasteiger partial charge in [0.25, 0.3) is 0 Å². The van der Waals surface area contributed by atoms with Gasteiger partial charge in [0.05, 0.1) is 34.0 Å². The third-order valence-corrected chi connectivity index (χ3v) is 3.83. The van der Waals surface area contributed by atoms with Gasteiger partial charge in [0.2, 0.25) is 0 Å². The van der Waals surface area contributed by atoms with Crippen LogP contribution in [-0.2, 0) is 0 Å². The van der Waals surface area contributed by atoms with Gasteiger partial charge in [-0.1, -0.05) is 22.0 Å². The fourth-order valence-corrected chi connectivity index (χ4v) is 2.68. The third kappa shape index (κ3) is 2.93. The van der Waals surface area contributed by atoms with Crippen molar-refractivity contribution in [3.63, 3.8) is 0 Å². The summed E-state index contributed by atoms with van der Waals surface area (Å²) < 4.78 is 22.4. The molecule has 0 atom stereocenters. The minimum Gasteiger partial charge on any atom is -0.496 e. The van der Waals surface area contributed by atoms with E-state index in [0.29, 0.717) is 11.5 Å². The number of hydrogen-bond donors (Lipinski definition) is 0. The molecule has 0 heterocycles. The molecule has 0 unspecified atom stereocenters. The van der Waals surface area contributed by atoms with Crippen molar-refractivity contribution in [1.29, 1.82) is 0 Å². The van der Waals surface area contributed by atoms with Crippen LogP contribution in [0.15, 0.2) is 34.8 Å². The highest BCUT2D eigenvalue weighted by Crippen LogP contribution is 2.45. The molecule has 0 aliphatic carbocycles. The van der Waals surface area contributed by atoms with Crippen LogP contribution in [0.4, 0.5) is 0 Å². The van der Waals surface area contributed by atoms with E-state index in [1.165, 1.54) is 0 Å². The quantitative estimate of drug-likeness (QED) is 0.809. The van der Waals surface area contributed by atoms with Crippen LogP contribution in [0.3, 0.4) is 0 Å². The molecule has 0 amide bonds. The Morgan fingerprint density at radius 1 is 0.714 bits per heavy atom. The molecule has 4 nitrogen and oxygen atoms in total. The molecule has 5 heteroatoms. The maximum Gasteiger partial charge on any atom is 0.161 e. The molecule has 2 aromatic carbocycles. The topological polar surface area (TPSA) is 36.9 Å². The highest BCUT2D eigenvalue weighted by molar-refractivity contribution is 9.10. The lowest BCUT2D eigenvalue weighted by Crippen LogP contribution is -1.96. The Labute approximate surface area is 132 Å². The Hall–Kier alpha value is -1.88. The molecule has 0 saturated heterocycles. The molecule has 21 heavy (non-hydrogen) atoms. The molecule has 0 bridgehead atoms. The first kappa shape index (κ1) is 15.5. The van der Waals surface area contributed by atoms with E-state index in [4.69, 9.17) is 18.9 Å². The molecule has 2 aromatic rings. The van der Waals surface area contributed by atoms with Gasteiger partial charge in [-0.05, 0) is 24.3 Å². The van der Waals surface area contributed by atoms with Gasteiger partial charge < -0.3 is 18.9 Å². The Bertz CT molecular complexity index is 618. The SMILES string of the molecule is COc1cc(Br)c(-c2c(OC)cccc2OC)cc1OC. The highest BCUT2D eigenvalue weighted by Gasteiger charge is 2.18. The van der Waals surface area contributed by atoms with Crippen LogP contribution in [0.2, 0.25) is 0 Å². The lowest BCUT2D eigenvalue weighted by molar-refractivity contribution is 0.355. The van der Waals surface area contributed by atoms with E-state index in [9.17, 15) is 0 Å². The number of ether oxygens (including phenoxy) is 4. The number of rotatable bonds is 5. The average molecular weight is 353 g/mol. The van der Waals surface area contributed by atoms with Gasteiger partial charge in [0.15, 0.2) is 11.5 Å². The van der Waals surface area contributed by atoms with Gasteiger partial charge in [-0.3, -0.25) is 0 Å². The van der Waals surface area contributed by atoms with Crippen molar-refractivity contribution in [2.45, 2.75) is 0 Å². The molecule has 0 spiro atoms. The highest BCUT2D eigenvalue weighted by atomic mass is 79.9. The van der Waals surface area contributed by atoms with Crippen molar-refractivity contribution < 1.29 is 18.9 Å². The average Bonchev–Trinajstić information content (AvgIpc) is 2.53. The van der Waals surface area contributed by atoms with Gasteiger partial charge >= 0.3 is 0 Å². The van der Waals surface area contributed by atoms with Crippen LogP contribution in [0.1, 0.15) is 0 Å². The second kappa shape index (κ2) is 6.72. The zero-order chi connectivity index (χ0) is 15.4. The molecule has 0 aliphatic heterocycles. The standard InChI is InChI=1S/C16H17BrO4/c1-18-12-6-5-7-13(19-2)16(12)10-8-14(20-3)15(21-4)9-11(10)17/h5-9H,1-4H3. The van der Waals surface area contributed by atoms with Crippen molar-refractivity contribution in [2.24, 2.45) is 0 Å². The van der Waals surface area contributed by atoms with Crippen LogP contribution < -0.4 is 18.9 Å². The van der Waals surface area contributed by atoms with E-state index >= 15 is 0 Å². The van der Waals surface area contributed by atoms with Crippen LogP contribution in [0, 0.1) is 0 Å². The summed E-state index contributed by atoms with van der Waals surface area (Å²) in [6.07, 6.45) is 0. The Balaban J connectivity index is 2.72. The first-order valence-electron chi connectivity index (χ1n) is 6.29. The number of methoxy groups -OCH3 is 4. The minimum atomic E-state index is 0.642. The summed E-state index contributed by atoms with van der Waals surface area (Å²) in [5.74, 6) is 2.75. The second-order valence-electron chi connectivity index (χ2n) is 4.22. The van der Waals surface area contributed by atoms with Crippen LogP contribution >= 0.6 is 15.9 Å². The molecule has 0 aliphatic rings. The van der Waals surface area contributed by atoms with E-state index < -0.39 is 0 Å². The monoisotopic (exact) mass is 352 g/mol. The molecule has 2 rings (SSSR count). The summed E-state index contributed by atoms with van der Waals surface area (Å²) >= 11 is 3.57. The number of halogens is 1. The van der Waals surface area contributed by atoms with Gasteiger partial charge in [0.1, 0.15) is 11.5 Å². The van der Waals surface area contributed by atoms with Crippen molar-refractivity contribution >= 4 is 15.9 Å². The summed E-state index contributed by atoms with van der Waals surface area (Å²) in [5, 5.41) is 0. The van der Waals surface area contributed by atoms with Crippen molar-refractivity contribution in [3.05, 3.63) is 34.8 Å². The van der Waals surface area contributed by atoms with Crippen LogP contribution in [0.5, 0.6) is 23.0 Å². The largest absolute Gasteiger partial charge is 0.496 e. The molecule has 0 fully saturated rings. The Morgan fingerprint density at radius 3 is 1.67 bits per heavy atom. The number of benzene rings is 2. The lowest BCUT2D eigenvalue weighted by Gasteiger charge is -2.16. The molecular formula is C16H17BrO4. The zero-order valence-electron chi connectivity index (χ0n) is 12.4. The van der Waals surface area contributed by atoms with E-state index in [2.05, 4.69) is 15.9 Å². The summed E-state index contributed by atoms with van der Waals surface area (Å²) in [4.78, 5) is 0. The lowest BCUT2D eigenvalue weighted by atomic mass is 10.0. The number of hydrogen-bond acceptors (Lipinski definition) is 4. The van der Waals surface area contributed by atoms with Crippen LogP contribution in [0.25, 0.3) is 11.1 Å². The molecule has 0 saturated carbocycles. The van der Waals surface area contributed by atoms with Gasteiger partial charge in [-0.15, -0.1) is 0 Å². The molecule has 112 valence electrons. The van der Waals surface area contributed by atoms with Crippen LogP contribution in [-0.4, -0.2) is 28.4 Å². The molecular weight excluding hydrogens is 336 g/mol. The van der Waals surface area contributed by atoms with Crippen molar-refractivity contribution in [3.8, 4) is 34.1 Å². The van der Waals surface area contributed by atoms with Crippen molar-refractivity contribution in [2.75, 3.05) is 28.4 Å². The first-order chi connectivity index (χ1) is 10.2. The summed E-state index contributed by atoms with van der Waals surface area (Å²) in [7, 11) is 6.47. The maximum atomic E-state index is 5.45. The fraction of sp³-hybridized carbons (Fsp3) is 0.250. The van der Waals surface area contributed by atoms with Gasteiger partial charge in [0, 0.05) is 10.0 Å². The molecule has 0 N–H and O–H groups in total.